The van der Waals surface area contributed by atoms with Gasteiger partial charge in [-0.25, -0.2) is 4.98 Å². The number of fused-ring (bicyclic) bond motifs is 1. The molecule has 0 unspecified atom stereocenters. The number of anilines is 2. The standard InChI is InChI=1S/C20H24N6OS/c1-12-24-25-20(28-12)15-10-21-16-11-22-17(9-14(16)18(15)26(2)3)23-19(27)13-7-5-4-6-8-13/h9-11,13H,4-8H2,1-3H3,(H,22,23,27). The van der Waals surface area contributed by atoms with Crippen molar-refractivity contribution in [3.8, 4) is 10.6 Å². The number of carbonyl (C=O) groups is 1. The number of aryl methyl sites for hydroxylation is 1. The molecule has 0 spiro atoms. The largest absolute Gasteiger partial charge is 0.376 e. The van der Waals surface area contributed by atoms with E-state index in [2.05, 4.69) is 25.5 Å². The Balaban J connectivity index is 1.72. The second-order valence-electron chi connectivity index (χ2n) is 7.45. The summed E-state index contributed by atoms with van der Waals surface area (Å²) in [5.74, 6) is 0.730. The SMILES string of the molecule is Cc1nnc(-c2cnc3cnc(NC(=O)C4CCCCC4)cc3c2N(C)C)s1. The second kappa shape index (κ2) is 7.79. The molecule has 0 atom stereocenters. The lowest BCUT2D eigenvalue weighted by molar-refractivity contribution is -0.120. The van der Waals surface area contributed by atoms with Gasteiger partial charge in [-0.1, -0.05) is 30.6 Å². The van der Waals surface area contributed by atoms with Crippen molar-refractivity contribution >= 4 is 39.7 Å². The summed E-state index contributed by atoms with van der Waals surface area (Å²) < 4.78 is 0. The summed E-state index contributed by atoms with van der Waals surface area (Å²) in [4.78, 5) is 23.6. The van der Waals surface area contributed by atoms with Crippen LogP contribution in [0.2, 0.25) is 0 Å². The first-order chi connectivity index (χ1) is 13.5. The summed E-state index contributed by atoms with van der Waals surface area (Å²) in [5.41, 5.74) is 2.71. The zero-order valence-corrected chi connectivity index (χ0v) is 17.2. The number of nitrogens with one attached hydrogen (secondary N) is 1. The van der Waals surface area contributed by atoms with Crippen LogP contribution in [-0.4, -0.2) is 40.2 Å². The van der Waals surface area contributed by atoms with Gasteiger partial charge in [0, 0.05) is 31.6 Å². The smallest absolute Gasteiger partial charge is 0.228 e. The number of hydrogen-bond donors (Lipinski definition) is 1. The lowest BCUT2D eigenvalue weighted by Gasteiger charge is -2.21. The van der Waals surface area contributed by atoms with Crippen LogP contribution in [0.15, 0.2) is 18.5 Å². The minimum absolute atomic E-state index is 0.0711. The highest BCUT2D eigenvalue weighted by Gasteiger charge is 2.22. The lowest BCUT2D eigenvalue weighted by Crippen LogP contribution is -2.25. The number of rotatable bonds is 4. The van der Waals surface area contributed by atoms with E-state index < -0.39 is 0 Å². The molecule has 1 N–H and O–H groups in total. The molecule has 4 rings (SSSR count). The molecule has 1 aliphatic rings. The molecule has 3 heterocycles. The predicted molar refractivity (Wildman–Crippen MR) is 113 cm³/mol. The van der Waals surface area contributed by atoms with E-state index in [4.69, 9.17) is 0 Å². The summed E-state index contributed by atoms with van der Waals surface area (Å²) >= 11 is 1.54. The monoisotopic (exact) mass is 396 g/mol. The van der Waals surface area contributed by atoms with Crippen LogP contribution < -0.4 is 10.2 Å². The van der Waals surface area contributed by atoms with E-state index in [0.29, 0.717) is 5.82 Å². The molecular weight excluding hydrogens is 372 g/mol. The molecule has 0 aromatic carbocycles. The molecule has 3 aromatic heterocycles. The lowest BCUT2D eigenvalue weighted by atomic mass is 9.89. The van der Waals surface area contributed by atoms with Crippen molar-refractivity contribution in [3.05, 3.63) is 23.5 Å². The molecule has 0 saturated heterocycles. The third-order valence-corrected chi connectivity index (χ3v) is 6.03. The number of hydrogen-bond acceptors (Lipinski definition) is 7. The van der Waals surface area contributed by atoms with Crippen molar-refractivity contribution in [2.24, 2.45) is 5.92 Å². The van der Waals surface area contributed by atoms with Crippen LogP contribution in [0.1, 0.15) is 37.1 Å². The molecule has 0 radical (unpaired) electrons. The average Bonchev–Trinajstić information content (AvgIpc) is 3.13. The third kappa shape index (κ3) is 3.69. The Morgan fingerprint density at radius 2 is 1.93 bits per heavy atom. The van der Waals surface area contributed by atoms with Crippen LogP contribution in [0.25, 0.3) is 21.5 Å². The van der Waals surface area contributed by atoms with Gasteiger partial charge in [0.15, 0.2) is 5.01 Å². The van der Waals surface area contributed by atoms with Gasteiger partial charge in [-0.15, -0.1) is 10.2 Å². The van der Waals surface area contributed by atoms with E-state index in [9.17, 15) is 4.79 Å². The Bertz CT molecular complexity index is 1010. The van der Waals surface area contributed by atoms with Gasteiger partial charge in [-0.3, -0.25) is 9.78 Å². The maximum Gasteiger partial charge on any atom is 0.228 e. The zero-order valence-electron chi connectivity index (χ0n) is 16.4. The van der Waals surface area contributed by atoms with Crippen LogP contribution in [0.5, 0.6) is 0 Å². The van der Waals surface area contributed by atoms with E-state index in [1.54, 1.807) is 17.5 Å². The minimum Gasteiger partial charge on any atom is -0.376 e. The molecule has 0 bridgehead atoms. The molecule has 1 saturated carbocycles. The number of nitrogens with zero attached hydrogens (tertiary/aromatic N) is 5. The van der Waals surface area contributed by atoms with Gasteiger partial charge in [0.1, 0.15) is 10.8 Å². The van der Waals surface area contributed by atoms with Crippen molar-refractivity contribution in [1.29, 1.82) is 0 Å². The Morgan fingerprint density at radius 1 is 1.14 bits per heavy atom. The number of carbonyl (C=O) groups excluding carboxylic acids is 1. The number of pyridine rings is 2. The topological polar surface area (TPSA) is 83.9 Å². The van der Waals surface area contributed by atoms with Crippen molar-refractivity contribution < 1.29 is 4.79 Å². The van der Waals surface area contributed by atoms with Gasteiger partial charge < -0.3 is 10.2 Å². The predicted octanol–water partition coefficient (Wildman–Crippen LogP) is 4.04. The molecule has 28 heavy (non-hydrogen) atoms. The molecule has 7 nitrogen and oxygen atoms in total. The van der Waals surface area contributed by atoms with Gasteiger partial charge in [0.05, 0.1) is 23.0 Å². The fourth-order valence-electron chi connectivity index (χ4n) is 3.79. The highest BCUT2D eigenvalue weighted by molar-refractivity contribution is 7.14. The van der Waals surface area contributed by atoms with E-state index in [1.807, 2.05) is 38.2 Å². The normalized spacial score (nSPS) is 15.0. The Morgan fingerprint density at radius 3 is 2.61 bits per heavy atom. The molecule has 0 aliphatic heterocycles. The van der Waals surface area contributed by atoms with Crippen LogP contribution >= 0.6 is 11.3 Å². The fraction of sp³-hybridized carbons (Fsp3) is 0.450. The Kier molecular flexibility index (Phi) is 5.21. The first-order valence-electron chi connectivity index (χ1n) is 9.60. The maximum absolute atomic E-state index is 12.6. The van der Waals surface area contributed by atoms with Crippen molar-refractivity contribution in [1.82, 2.24) is 20.2 Å². The van der Waals surface area contributed by atoms with Gasteiger partial charge in [-0.05, 0) is 25.8 Å². The maximum atomic E-state index is 12.6. The van der Waals surface area contributed by atoms with Gasteiger partial charge in [0.2, 0.25) is 5.91 Å². The summed E-state index contributed by atoms with van der Waals surface area (Å²) in [6, 6.07) is 1.91. The first kappa shape index (κ1) is 18.7. The minimum atomic E-state index is 0.0711. The summed E-state index contributed by atoms with van der Waals surface area (Å²) in [5, 5.41) is 14.1. The number of amides is 1. The van der Waals surface area contributed by atoms with Gasteiger partial charge >= 0.3 is 0 Å². The van der Waals surface area contributed by atoms with Crippen LogP contribution in [0.4, 0.5) is 11.5 Å². The molecule has 3 aromatic rings. The van der Waals surface area contributed by atoms with Crippen LogP contribution in [-0.2, 0) is 4.79 Å². The van der Waals surface area contributed by atoms with E-state index in [1.165, 1.54) is 6.42 Å². The van der Waals surface area contributed by atoms with Crippen molar-refractivity contribution in [3.63, 3.8) is 0 Å². The van der Waals surface area contributed by atoms with Crippen molar-refractivity contribution in [2.75, 3.05) is 24.3 Å². The fourth-order valence-corrected chi connectivity index (χ4v) is 4.49. The summed E-state index contributed by atoms with van der Waals surface area (Å²) in [6.07, 6.45) is 8.94. The van der Waals surface area contributed by atoms with Crippen LogP contribution in [0.3, 0.4) is 0 Å². The third-order valence-electron chi connectivity index (χ3n) is 5.16. The zero-order chi connectivity index (χ0) is 19.7. The van der Waals surface area contributed by atoms with Crippen molar-refractivity contribution in [2.45, 2.75) is 39.0 Å². The highest BCUT2D eigenvalue weighted by atomic mass is 32.1. The molecular formula is C20H24N6OS. The number of aromatic nitrogens is 4. The van der Waals surface area contributed by atoms with E-state index in [0.717, 1.165) is 57.9 Å². The second-order valence-corrected chi connectivity index (χ2v) is 8.63. The van der Waals surface area contributed by atoms with Gasteiger partial charge in [0.25, 0.3) is 0 Å². The van der Waals surface area contributed by atoms with Crippen LogP contribution in [0, 0.1) is 12.8 Å². The van der Waals surface area contributed by atoms with E-state index in [-0.39, 0.29) is 11.8 Å². The quantitative estimate of drug-likeness (QED) is 0.716. The first-order valence-corrected chi connectivity index (χ1v) is 10.4. The summed E-state index contributed by atoms with van der Waals surface area (Å²) in [7, 11) is 3.99. The summed E-state index contributed by atoms with van der Waals surface area (Å²) in [6.45, 7) is 1.94. The molecule has 1 amide bonds. The Labute approximate surface area is 168 Å². The highest BCUT2D eigenvalue weighted by Crippen LogP contribution is 2.37. The van der Waals surface area contributed by atoms with Gasteiger partial charge in [-0.2, -0.15) is 0 Å². The van der Waals surface area contributed by atoms with E-state index >= 15 is 0 Å². The Hall–Kier alpha value is -2.61. The molecule has 1 aliphatic carbocycles. The molecule has 146 valence electrons. The average molecular weight is 397 g/mol. The molecule has 8 heteroatoms. The molecule has 1 fully saturated rings.